The Morgan fingerprint density at radius 1 is 1.17 bits per heavy atom. The summed E-state index contributed by atoms with van der Waals surface area (Å²) in [6, 6.07) is 4.69. The van der Waals surface area contributed by atoms with Crippen LogP contribution in [0.3, 0.4) is 0 Å². The summed E-state index contributed by atoms with van der Waals surface area (Å²) < 4.78 is 31.7. The number of carboxylic acids is 1. The summed E-state index contributed by atoms with van der Waals surface area (Å²) in [6.45, 7) is 6.66. The topological polar surface area (TPSA) is 136 Å². The first-order chi connectivity index (χ1) is 16.8. The van der Waals surface area contributed by atoms with Crippen LogP contribution in [0.2, 0.25) is 0 Å². The van der Waals surface area contributed by atoms with Gasteiger partial charge in [-0.05, 0) is 30.0 Å². The number of nitrogens with zero attached hydrogens (tertiary/aromatic N) is 2. The highest BCUT2D eigenvalue weighted by atomic mass is 19.4. The van der Waals surface area contributed by atoms with Crippen LogP contribution in [0.1, 0.15) is 53.0 Å². The van der Waals surface area contributed by atoms with Gasteiger partial charge in [0, 0.05) is 49.8 Å². The number of hydrogen-bond acceptors (Lipinski definition) is 6. The van der Waals surface area contributed by atoms with Crippen LogP contribution in [0, 0.1) is 5.92 Å². The summed E-state index contributed by atoms with van der Waals surface area (Å²) in [5.41, 5.74) is 1.77. The molecule has 2 saturated heterocycles. The number of rotatable bonds is 3. The second kappa shape index (κ2) is 10.6. The molecule has 3 heterocycles. The lowest BCUT2D eigenvalue weighted by Crippen LogP contribution is -2.55. The van der Waals surface area contributed by atoms with E-state index in [4.69, 9.17) is 9.90 Å². The molecule has 36 heavy (non-hydrogen) atoms. The van der Waals surface area contributed by atoms with Crippen molar-refractivity contribution in [3.63, 3.8) is 0 Å². The van der Waals surface area contributed by atoms with Gasteiger partial charge >= 0.3 is 12.1 Å². The number of aliphatic carboxylic acids is 1. The zero-order valence-electron chi connectivity index (χ0n) is 19.7. The zero-order chi connectivity index (χ0) is 26.8. The maximum absolute atomic E-state index is 13.2. The maximum Gasteiger partial charge on any atom is 0.490 e. The summed E-state index contributed by atoms with van der Waals surface area (Å²) in [5, 5.41) is 12.8. The highest BCUT2D eigenvalue weighted by molar-refractivity contribution is 6.06. The van der Waals surface area contributed by atoms with Crippen LogP contribution in [0.25, 0.3) is 0 Å². The summed E-state index contributed by atoms with van der Waals surface area (Å²) in [7, 11) is 0. The average molecular weight is 512 g/mol. The number of hydrogen-bond donors (Lipinski definition) is 3. The molecule has 0 saturated carbocycles. The molecule has 0 aliphatic carbocycles. The molecule has 2 atom stereocenters. The van der Waals surface area contributed by atoms with Crippen LogP contribution >= 0.6 is 0 Å². The van der Waals surface area contributed by atoms with Crippen LogP contribution in [0.15, 0.2) is 18.2 Å². The number of carbonyl (C=O) groups excluding carboxylic acids is 4. The predicted octanol–water partition coefficient (Wildman–Crippen LogP) is 1.15. The van der Waals surface area contributed by atoms with Gasteiger partial charge < -0.3 is 20.2 Å². The number of carbonyl (C=O) groups is 5. The molecule has 2 unspecified atom stereocenters. The summed E-state index contributed by atoms with van der Waals surface area (Å²) in [6.07, 6.45) is -4.53. The molecule has 196 valence electrons. The van der Waals surface area contributed by atoms with Crippen LogP contribution in [0.4, 0.5) is 13.2 Å². The van der Waals surface area contributed by atoms with Gasteiger partial charge in [0.25, 0.3) is 11.8 Å². The number of alkyl halides is 3. The lowest BCUT2D eigenvalue weighted by atomic mass is 9.98. The Morgan fingerprint density at radius 3 is 2.42 bits per heavy atom. The Bertz CT molecular complexity index is 1070. The fourth-order valence-corrected chi connectivity index (χ4v) is 4.43. The Balaban J connectivity index is 0.000000454. The van der Waals surface area contributed by atoms with Crippen molar-refractivity contribution in [3.8, 4) is 0 Å². The SMILES string of the molecule is CC(C)C1CNCCN1C(=O)c1ccc2c(c1)C(=O)N(C1CCC(=O)NC1=O)C2.O=C(O)C(F)(F)F. The van der Waals surface area contributed by atoms with Crippen molar-refractivity contribution < 1.29 is 42.3 Å². The van der Waals surface area contributed by atoms with Crippen LogP contribution in [-0.2, 0) is 20.9 Å². The molecular weight excluding hydrogens is 485 g/mol. The van der Waals surface area contributed by atoms with E-state index in [2.05, 4.69) is 24.5 Å². The minimum atomic E-state index is -5.08. The monoisotopic (exact) mass is 512 g/mol. The second-order valence-electron chi connectivity index (χ2n) is 9.09. The molecule has 1 aromatic carbocycles. The summed E-state index contributed by atoms with van der Waals surface area (Å²) in [4.78, 5) is 62.0. The van der Waals surface area contributed by atoms with Crippen molar-refractivity contribution in [2.24, 2.45) is 5.92 Å². The standard InChI is InChI=1S/C21H26N4O4.C2HF3O2/c1-12(2)17-10-22-7-8-24(17)20(28)13-3-4-14-11-25(21(29)15(14)9-13)16-5-6-18(26)23-19(16)27;3-2(4,5)1(6)7/h3-4,9,12,16-17,22H,5-8,10-11H2,1-2H3,(H,23,26,27);(H,6,7). The number of imide groups is 1. The fourth-order valence-electron chi connectivity index (χ4n) is 4.43. The van der Waals surface area contributed by atoms with Gasteiger partial charge in [-0.3, -0.25) is 24.5 Å². The van der Waals surface area contributed by atoms with Crippen molar-refractivity contribution in [2.75, 3.05) is 19.6 Å². The lowest BCUT2D eigenvalue weighted by Gasteiger charge is -2.38. The van der Waals surface area contributed by atoms with E-state index < -0.39 is 24.1 Å². The number of fused-ring (bicyclic) bond motifs is 1. The Hall–Kier alpha value is -3.48. The van der Waals surface area contributed by atoms with E-state index in [-0.39, 0.29) is 30.2 Å². The summed E-state index contributed by atoms with van der Waals surface area (Å²) >= 11 is 0. The van der Waals surface area contributed by atoms with Gasteiger partial charge in [-0.1, -0.05) is 19.9 Å². The fraction of sp³-hybridized carbons (Fsp3) is 0.522. The minimum Gasteiger partial charge on any atom is -0.475 e. The Kier molecular flexibility index (Phi) is 8.02. The molecule has 4 amide bonds. The highest BCUT2D eigenvalue weighted by Crippen LogP contribution is 2.29. The van der Waals surface area contributed by atoms with Crippen LogP contribution in [-0.4, -0.2) is 82.4 Å². The van der Waals surface area contributed by atoms with Crippen molar-refractivity contribution in [3.05, 3.63) is 34.9 Å². The van der Waals surface area contributed by atoms with Crippen molar-refractivity contribution in [2.45, 2.75) is 51.5 Å². The molecular formula is C23H27F3N4O6. The molecule has 0 bridgehead atoms. The first-order valence-corrected chi connectivity index (χ1v) is 11.4. The third kappa shape index (κ3) is 5.83. The molecule has 13 heteroatoms. The number of halogens is 3. The van der Waals surface area contributed by atoms with Gasteiger partial charge in [0.1, 0.15) is 6.04 Å². The quantitative estimate of drug-likeness (QED) is 0.517. The first-order valence-electron chi connectivity index (χ1n) is 11.4. The van der Waals surface area contributed by atoms with Crippen LogP contribution < -0.4 is 10.6 Å². The molecule has 0 radical (unpaired) electrons. The van der Waals surface area contributed by atoms with Gasteiger partial charge in [-0.2, -0.15) is 13.2 Å². The smallest absolute Gasteiger partial charge is 0.475 e. The van der Waals surface area contributed by atoms with E-state index in [1.807, 2.05) is 4.90 Å². The number of carboxylic acid groups (broad SMARTS) is 1. The second-order valence-corrected chi connectivity index (χ2v) is 9.09. The Labute approximate surface area is 204 Å². The molecule has 3 N–H and O–H groups in total. The van der Waals surface area contributed by atoms with Gasteiger partial charge in [0.15, 0.2) is 0 Å². The van der Waals surface area contributed by atoms with E-state index in [1.165, 1.54) is 4.90 Å². The molecule has 1 aromatic rings. The van der Waals surface area contributed by atoms with Gasteiger partial charge in [0.05, 0.1) is 0 Å². The Morgan fingerprint density at radius 2 is 1.83 bits per heavy atom. The third-order valence-corrected chi connectivity index (χ3v) is 6.33. The summed E-state index contributed by atoms with van der Waals surface area (Å²) in [5.74, 6) is -3.50. The highest BCUT2D eigenvalue weighted by Gasteiger charge is 2.40. The van der Waals surface area contributed by atoms with Gasteiger partial charge in [0.2, 0.25) is 11.8 Å². The maximum atomic E-state index is 13.2. The van der Waals surface area contributed by atoms with E-state index in [9.17, 15) is 32.3 Å². The van der Waals surface area contributed by atoms with Gasteiger partial charge in [-0.15, -0.1) is 0 Å². The molecule has 0 aromatic heterocycles. The van der Waals surface area contributed by atoms with Crippen molar-refractivity contribution in [1.29, 1.82) is 0 Å². The average Bonchev–Trinajstić information content (AvgIpc) is 3.14. The predicted molar refractivity (Wildman–Crippen MR) is 119 cm³/mol. The van der Waals surface area contributed by atoms with E-state index in [0.717, 1.165) is 18.7 Å². The molecule has 3 aliphatic rings. The van der Waals surface area contributed by atoms with Gasteiger partial charge in [-0.25, -0.2) is 4.79 Å². The molecule has 0 spiro atoms. The normalized spacial score (nSPS) is 22.1. The zero-order valence-corrected chi connectivity index (χ0v) is 19.7. The third-order valence-electron chi connectivity index (χ3n) is 6.33. The van der Waals surface area contributed by atoms with Crippen LogP contribution in [0.5, 0.6) is 0 Å². The number of amides is 4. The number of piperidine rings is 1. The molecule has 2 fully saturated rings. The first kappa shape index (κ1) is 27.1. The van der Waals surface area contributed by atoms with E-state index >= 15 is 0 Å². The van der Waals surface area contributed by atoms with Crippen molar-refractivity contribution >= 4 is 29.6 Å². The number of piperazine rings is 1. The largest absolute Gasteiger partial charge is 0.490 e. The van der Waals surface area contributed by atoms with E-state index in [0.29, 0.717) is 36.6 Å². The van der Waals surface area contributed by atoms with Crippen molar-refractivity contribution in [1.82, 2.24) is 20.4 Å². The molecule has 3 aliphatic heterocycles. The number of benzene rings is 1. The lowest BCUT2D eigenvalue weighted by molar-refractivity contribution is -0.192. The minimum absolute atomic E-state index is 0.0692. The molecule has 10 nitrogen and oxygen atoms in total. The molecule has 4 rings (SSSR count). The number of nitrogens with one attached hydrogen (secondary N) is 2. The van der Waals surface area contributed by atoms with E-state index in [1.54, 1.807) is 18.2 Å².